The highest BCUT2D eigenvalue weighted by Gasteiger charge is 2.38. The molecule has 0 unspecified atom stereocenters. The first-order valence-electron chi connectivity index (χ1n) is 7.20. The Labute approximate surface area is 154 Å². The van der Waals surface area contributed by atoms with Gasteiger partial charge in [-0.25, -0.2) is 17.6 Å². The number of halogens is 3. The molecule has 2 amide bonds. The van der Waals surface area contributed by atoms with Crippen molar-refractivity contribution in [3.63, 3.8) is 0 Å². The minimum absolute atomic E-state index is 0.124. The average molecular weight is 403 g/mol. The molecule has 1 N–H and O–H groups in total. The molecule has 25 heavy (non-hydrogen) atoms. The minimum atomic E-state index is -3.49. The van der Waals surface area contributed by atoms with E-state index in [1.54, 1.807) is 6.07 Å². The first-order chi connectivity index (χ1) is 11.7. The number of carbonyl (C=O) groups excluding carboxylic acids is 1. The minimum Gasteiger partial charge on any atom is -0.319 e. The van der Waals surface area contributed by atoms with Gasteiger partial charge >= 0.3 is 6.03 Å². The number of carbonyl (C=O) groups is 1. The second-order valence-electron chi connectivity index (χ2n) is 5.65. The molecule has 132 valence electrons. The molecule has 2 aromatic rings. The van der Waals surface area contributed by atoms with Gasteiger partial charge in [-0.05, 0) is 42.0 Å². The molecule has 0 spiro atoms. The van der Waals surface area contributed by atoms with Crippen LogP contribution in [0.25, 0.3) is 0 Å². The van der Waals surface area contributed by atoms with E-state index in [0.29, 0.717) is 16.3 Å². The molecule has 0 bridgehead atoms. The zero-order valence-electron chi connectivity index (χ0n) is 13.0. The van der Waals surface area contributed by atoms with Gasteiger partial charge in [-0.1, -0.05) is 23.2 Å². The Morgan fingerprint density at radius 2 is 1.96 bits per heavy atom. The van der Waals surface area contributed by atoms with E-state index >= 15 is 0 Å². The predicted molar refractivity (Wildman–Crippen MR) is 94.4 cm³/mol. The van der Waals surface area contributed by atoms with Crippen LogP contribution in [0.2, 0.25) is 10.0 Å². The molecule has 0 aromatic heterocycles. The highest BCUT2D eigenvalue weighted by atomic mass is 35.5. The number of urea groups is 1. The van der Waals surface area contributed by atoms with E-state index in [1.165, 1.54) is 36.2 Å². The van der Waals surface area contributed by atoms with E-state index in [1.807, 2.05) is 0 Å². The van der Waals surface area contributed by atoms with Crippen molar-refractivity contribution in [3.8, 4) is 0 Å². The number of hydrogen-bond acceptors (Lipinski definition) is 3. The number of anilines is 1. The quantitative estimate of drug-likeness (QED) is 0.820. The van der Waals surface area contributed by atoms with E-state index in [0.717, 1.165) is 6.07 Å². The summed E-state index contributed by atoms with van der Waals surface area (Å²) in [4.78, 5) is 13.9. The molecule has 0 aliphatic carbocycles. The normalized spacial score (nSPS) is 17.8. The highest BCUT2D eigenvalue weighted by molar-refractivity contribution is 7.91. The summed E-state index contributed by atoms with van der Waals surface area (Å²) in [5.41, 5.74) is 0.776. The maximum atomic E-state index is 13.2. The molecule has 1 atom stereocenters. The van der Waals surface area contributed by atoms with Gasteiger partial charge in [0.25, 0.3) is 0 Å². The van der Waals surface area contributed by atoms with Crippen LogP contribution in [0, 0.1) is 5.82 Å². The van der Waals surface area contributed by atoms with Gasteiger partial charge in [0.2, 0.25) is 0 Å². The molecular formula is C16H13Cl2FN2O3S. The summed E-state index contributed by atoms with van der Waals surface area (Å²) >= 11 is 11.7. The lowest BCUT2D eigenvalue weighted by atomic mass is 10.1. The Kier molecular flexibility index (Phi) is 4.66. The van der Waals surface area contributed by atoms with Crippen molar-refractivity contribution in [2.45, 2.75) is 10.9 Å². The van der Waals surface area contributed by atoms with Crippen LogP contribution in [-0.4, -0.2) is 32.1 Å². The summed E-state index contributed by atoms with van der Waals surface area (Å²) in [6.07, 6.45) is 0. The monoisotopic (exact) mass is 402 g/mol. The second-order valence-corrected chi connectivity index (χ2v) is 8.50. The summed E-state index contributed by atoms with van der Waals surface area (Å²) < 4.78 is 37.8. The molecule has 0 fully saturated rings. The van der Waals surface area contributed by atoms with Crippen LogP contribution in [0.4, 0.5) is 14.9 Å². The van der Waals surface area contributed by atoms with Crippen molar-refractivity contribution < 1.29 is 17.6 Å². The second kappa shape index (κ2) is 6.48. The third-order valence-corrected chi connectivity index (χ3v) is 6.32. The number of benzene rings is 2. The Bertz CT molecular complexity index is 966. The van der Waals surface area contributed by atoms with E-state index < -0.39 is 27.7 Å². The van der Waals surface area contributed by atoms with Crippen molar-refractivity contribution in [2.75, 3.05) is 18.1 Å². The lowest BCUT2D eigenvalue weighted by Crippen LogP contribution is -2.35. The summed E-state index contributed by atoms with van der Waals surface area (Å²) in [7, 11) is -2.00. The molecule has 0 saturated heterocycles. The smallest absolute Gasteiger partial charge is 0.319 e. The van der Waals surface area contributed by atoms with Crippen LogP contribution in [-0.2, 0) is 9.84 Å². The van der Waals surface area contributed by atoms with Gasteiger partial charge < -0.3 is 10.2 Å². The van der Waals surface area contributed by atoms with Gasteiger partial charge in [-0.2, -0.15) is 0 Å². The van der Waals surface area contributed by atoms with Crippen molar-refractivity contribution in [2.24, 2.45) is 0 Å². The lowest BCUT2D eigenvalue weighted by molar-refractivity contribution is 0.209. The zero-order chi connectivity index (χ0) is 18.4. The number of nitrogens with zero attached hydrogens (tertiary/aromatic N) is 1. The Morgan fingerprint density at radius 1 is 1.24 bits per heavy atom. The van der Waals surface area contributed by atoms with Gasteiger partial charge in [0.15, 0.2) is 9.84 Å². The average Bonchev–Trinajstić information content (AvgIpc) is 2.81. The van der Waals surface area contributed by atoms with E-state index in [4.69, 9.17) is 23.2 Å². The van der Waals surface area contributed by atoms with Crippen LogP contribution < -0.4 is 5.32 Å². The molecule has 0 radical (unpaired) electrons. The number of rotatable bonds is 2. The van der Waals surface area contributed by atoms with Gasteiger partial charge in [-0.15, -0.1) is 0 Å². The van der Waals surface area contributed by atoms with Crippen molar-refractivity contribution in [3.05, 3.63) is 57.8 Å². The Morgan fingerprint density at radius 3 is 2.64 bits per heavy atom. The van der Waals surface area contributed by atoms with Crippen molar-refractivity contribution >= 4 is 44.8 Å². The number of nitrogens with one attached hydrogen (secondary N) is 1. The van der Waals surface area contributed by atoms with Gasteiger partial charge in [0.05, 0.1) is 21.7 Å². The first kappa shape index (κ1) is 18.0. The third-order valence-electron chi connectivity index (χ3n) is 4.00. The molecule has 3 rings (SSSR count). The largest absolute Gasteiger partial charge is 0.322 e. The number of hydrogen-bond donors (Lipinski definition) is 1. The molecule has 1 aliphatic rings. The highest BCUT2D eigenvalue weighted by Crippen LogP contribution is 2.38. The van der Waals surface area contributed by atoms with Gasteiger partial charge in [0.1, 0.15) is 5.82 Å². The Balaban J connectivity index is 1.86. The maximum Gasteiger partial charge on any atom is 0.322 e. The number of sulfone groups is 1. The Hall–Kier alpha value is -1.83. The molecule has 0 saturated carbocycles. The summed E-state index contributed by atoms with van der Waals surface area (Å²) in [5.74, 6) is -0.824. The molecule has 5 nitrogen and oxygen atoms in total. The van der Waals surface area contributed by atoms with Gasteiger partial charge in [0, 0.05) is 17.8 Å². The van der Waals surface area contributed by atoms with Gasteiger partial charge in [-0.3, -0.25) is 0 Å². The molecule has 1 aliphatic heterocycles. The van der Waals surface area contributed by atoms with E-state index in [9.17, 15) is 17.6 Å². The molecule has 2 aromatic carbocycles. The number of amides is 2. The predicted octanol–water partition coefficient (Wildman–Crippen LogP) is 4.12. The van der Waals surface area contributed by atoms with E-state index in [2.05, 4.69) is 5.32 Å². The van der Waals surface area contributed by atoms with Crippen molar-refractivity contribution in [1.29, 1.82) is 0 Å². The summed E-state index contributed by atoms with van der Waals surface area (Å²) in [6, 6.07) is 7.05. The SMILES string of the molecule is CN(C(=O)Nc1ccc(F)c(Cl)c1)[C@@H]1CS(=O)(=O)c2ccc(Cl)cc21. The fourth-order valence-electron chi connectivity index (χ4n) is 2.70. The third kappa shape index (κ3) is 3.44. The maximum absolute atomic E-state index is 13.2. The van der Waals surface area contributed by atoms with Crippen LogP contribution in [0.1, 0.15) is 11.6 Å². The fraction of sp³-hybridized carbons (Fsp3) is 0.188. The first-order valence-corrected chi connectivity index (χ1v) is 9.61. The standard InChI is InChI=1S/C16H13Cl2FN2O3S/c1-21(16(22)20-10-3-4-13(19)12(18)7-10)14-8-25(23,24)15-5-2-9(17)6-11(14)15/h2-7,14H,8H2,1H3,(H,20,22)/t14-/m1/s1. The lowest BCUT2D eigenvalue weighted by Gasteiger charge is -2.25. The molecule has 9 heteroatoms. The van der Waals surface area contributed by atoms with Crippen LogP contribution >= 0.6 is 23.2 Å². The summed E-state index contributed by atoms with van der Waals surface area (Å²) in [5, 5.41) is 2.83. The van der Waals surface area contributed by atoms with Crippen molar-refractivity contribution in [1.82, 2.24) is 4.90 Å². The molecular weight excluding hydrogens is 390 g/mol. The van der Waals surface area contributed by atoms with E-state index in [-0.39, 0.29) is 15.7 Å². The van der Waals surface area contributed by atoms with Crippen LogP contribution in [0.15, 0.2) is 41.3 Å². The fourth-order valence-corrected chi connectivity index (χ4v) is 4.89. The summed E-state index contributed by atoms with van der Waals surface area (Å²) in [6.45, 7) is 0. The van der Waals surface area contributed by atoms with Crippen LogP contribution in [0.5, 0.6) is 0 Å². The van der Waals surface area contributed by atoms with Crippen LogP contribution in [0.3, 0.4) is 0 Å². The topological polar surface area (TPSA) is 66.5 Å². The molecule has 1 heterocycles. The zero-order valence-corrected chi connectivity index (χ0v) is 15.3. The number of fused-ring (bicyclic) bond motifs is 1.